The third-order valence-electron chi connectivity index (χ3n) is 4.88. The number of hydrogen-bond acceptors (Lipinski definition) is 4. The van der Waals surface area contributed by atoms with E-state index in [2.05, 4.69) is 22.0 Å². The number of carbonyl (C=O) groups is 1. The minimum atomic E-state index is -0.0949. The summed E-state index contributed by atoms with van der Waals surface area (Å²) in [6.45, 7) is 4.52. The van der Waals surface area contributed by atoms with Gasteiger partial charge in [-0.05, 0) is 70.7 Å². The molecule has 3 nitrogen and oxygen atoms in total. The van der Waals surface area contributed by atoms with Crippen LogP contribution in [0.4, 0.5) is 5.69 Å². The molecule has 0 spiro atoms. The number of ether oxygens (including phenoxy) is 1. The molecule has 3 aromatic carbocycles. The third kappa shape index (κ3) is 4.92. The largest absolute Gasteiger partial charge is 0.488 e. The quantitative estimate of drug-likeness (QED) is 0.272. The van der Waals surface area contributed by atoms with Gasteiger partial charge in [-0.1, -0.05) is 78.1 Å². The molecule has 0 aliphatic carbocycles. The van der Waals surface area contributed by atoms with E-state index in [-0.39, 0.29) is 5.91 Å². The highest BCUT2D eigenvalue weighted by atomic mass is 79.9. The lowest BCUT2D eigenvalue weighted by molar-refractivity contribution is -0.113. The van der Waals surface area contributed by atoms with Crippen LogP contribution in [0.25, 0.3) is 6.08 Å². The fourth-order valence-electron chi connectivity index (χ4n) is 3.34. The number of amides is 1. The summed E-state index contributed by atoms with van der Waals surface area (Å²) in [7, 11) is 0. The molecule has 0 saturated carbocycles. The molecule has 0 atom stereocenters. The normalized spacial score (nSPS) is 15.1. The lowest BCUT2D eigenvalue weighted by Gasteiger charge is -2.17. The van der Waals surface area contributed by atoms with Crippen molar-refractivity contribution in [3.05, 3.63) is 98.4 Å². The summed E-state index contributed by atoms with van der Waals surface area (Å²) in [6.07, 6.45) is 1.87. The van der Waals surface area contributed by atoms with Crippen LogP contribution >= 0.6 is 39.9 Å². The lowest BCUT2D eigenvalue weighted by Crippen LogP contribution is -2.28. The van der Waals surface area contributed by atoms with Crippen molar-refractivity contribution in [3.8, 4) is 5.75 Å². The van der Waals surface area contributed by atoms with Crippen molar-refractivity contribution >= 4 is 61.9 Å². The minimum Gasteiger partial charge on any atom is -0.488 e. The van der Waals surface area contributed by atoms with Crippen LogP contribution in [0.3, 0.4) is 0 Å². The minimum absolute atomic E-state index is 0.0949. The Kier molecular flexibility index (Phi) is 6.60. The summed E-state index contributed by atoms with van der Waals surface area (Å²) >= 11 is 10.4. The molecule has 1 aliphatic heterocycles. The smallest absolute Gasteiger partial charge is 0.270 e. The number of carbonyl (C=O) groups excluding carboxylic acids is 1. The molecular weight excluding hydrogens is 490 g/mol. The van der Waals surface area contributed by atoms with Crippen molar-refractivity contribution in [1.82, 2.24) is 0 Å². The van der Waals surface area contributed by atoms with E-state index in [1.807, 2.05) is 80.6 Å². The molecule has 31 heavy (non-hydrogen) atoms. The van der Waals surface area contributed by atoms with Crippen molar-refractivity contribution in [1.29, 1.82) is 0 Å². The average Bonchev–Trinajstić information content (AvgIpc) is 3.01. The van der Waals surface area contributed by atoms with Crippen LogP contribution in [-0.4, -0.2) is 10.2 Å². The second-order valence-corrected chi connectivity index (χ2v) is 9.80. The number of rotatable bonds is 5. The molecular formula is C25H20BrNO2S2. The van der Waals surface area contributed by atoms with Crippen LogP contribution in [0.2, 0.25) is 0 Å². The highest BCUT2D eigenvalue weighted by molar-refractivity contribution is 9.10. The highest BCUT2D eigenvalue weighted by Crippen LogP contribution is 2.38. The maximum absolute atomic E-state index is 13.1. The first-order chi connectivity index (χ1) is 14.9. The Labute approximate surface area is 200 Å². The SMILES string of the molecule is Cc1ccc(N2C(=O)/C(=C/c3ccc(OCc4ccccc4)c(Br)c3)SC2=S)c(C)c1. The second-order valence-electron chi connectivity index (χ2n) is 7.27. The standard InChI is InChI=1S/C25H20BrNO2S2/c1-16-8-10-21(17(2)12-16)27-24(28)23(31-25(27)30)14-19-9-11-22(20(26)13-19)29-15-18-6-4-3-5-7-18/h3-14H,15H2,1-2H3/b23-14-. The van der Waals surface area contributed by atoms with Crippen LogP contribution in [0.5, 0.6) is 5.75 Å². The first-order valence-electron chi connectivity index (χ1n) is 9.74. The Morgan fingerprint density at radius 3 is 2.55 bits per heavy atom. The number of halogens is 1. The van der Waals surface area contributed by atoms with Crippen molar-refractivity contribution in [3.63, 3.8) is 0 Å². The van der Waals surface area contributed by atoms with E-state index in [0.29, 0.717) is 15.8 Å². The zero-order valence-corrected chi connectivity index (χ0v) is 20.3. The summed E-state index contributed by atoms with van der Waals surface area (Å²) in [5, 5.41) is 0. The van der Waals surface area contributed by atoms with Gasteiger partial charge in [-0.15, -0.1) is 0 Å². The van der Waals surface area contributed by atoms with Gasteiger partial charge in [0.05, 0.1) is 15.1 Å². The van der Waals surface area contributed by atoms with Crippen LogP contribution < -0.4 is 9.64 Å². The fourth-order valence-corrected chi connectivity index (χ4v) is 5.14. The lowest BCUT2D eigenvalue weighted by atomic mass is 10.1. The van der Waals surface area contributed by atoms with E-state index in [0.717, 1.165) is 38.2 Å². The molecule has 0 N–H and O–H groups in total. The average molecular weight is 510 g/mol. The number of anilines is 1. The number of nitrogens with zero attached hydrogens (tertiary/aromatic N) is 1. The number of thioether (sulfide) groups is 1. The number of aryl methyl sites for hydroxylation is 2. The van der Waals surface area contributed by atoms with Gasteiger partial charge in [0.2, 0.25) is 0 Å². The monoisotopic (exact) mass is 509 g/mol. The number of thiocarbonyl (C=S) groups is 1. The zero-order chi connectivity index (χ0) is 22.0. The Balaban J connectivity index is 1.52. The van der Waals surface area contributed by atoms with Gasteiger partial charge in [0.15, 0.2) is 4.32 Å². The molecule has 0 unspecified atom stereocenters. The first kappa shape index (κ1) is 21.8. The Bertz CT molecular complexity index is 1190. The maximum Gasteiger partial charge on any atom is 0.270 e. The molecule has 0 bridgehead atoms. The predicted octanol–water partition coefficient (Wildman–Crippen LogP) is 7.05. The summed E-state index contributed by atoms with van der Waals surface area (Å²) < 4.78 is 7.30. The van der Waals surface area contributed by atoms with Gasteiger partial charge in [0.1, 0.15) is 12.4 Å². The third-order valence-corrected chi connectivity index (χ3v) is 6.80. The molecule has 1 fully saturated rings. The van der Waals surface area contributed by atoms with E-state index in [9.17, 15) is 4.79 Å². The maximum atomic E-state index is 13.1. The molecule has 156 valence electrons. The summed E-state index contributed by atoms with van der Waals surface area (Å²) in [5.74, 6) is 0.659. The van der Waals surface area contributed by atoms with Crippen molar-refractivity contribution in [2.45, 2.75) is 20.5 Å². The highest BCUT2D eigenvalue weighted by Gasteiger charge is 2.34. The molecule has 1 amide bonds. The van der Waals surface area contributed by atoms with Gasteiger partial charge in [0, 0.05) is 0 Å². The van der Waals surface area contributed by atoms with Crippen LogP contribution in [0, 0.1) is 13.8 Å². The van der Waals surface area contributed by atoms with Crippen molar-refractivity contribution in [2.24, 2.45) is 0 Å². The van der Waals surface area contributed by atoms with Gasteiger partial charge in [-0.2, -0.15) is 0 Å². The van der Waals surface area contributed by atoms with Gasteiger partial charge < -0.3 is 4.74 Å². The van der Waals surface area contributed by atoms with Gasteiger partial charge >= 0.3 is 0 Å². The molecule has 0 aromatic heterocycles. The summed E-state index contributed by atoms with van der Waals surface area (Å²) in [6, 6.07) is 21.8. The first-order valence-corrected chi connectivity index (χ1v) is 11.8. The topological polar surface area (TPSA) is 29.5 Å². The van der Waals surface area contributed by atoms with E-state index in [1.165, 1.54) is 11.8 Å². The van der Waals surface area contributed by atoms with Crippen LogP contribution in [0.1, 0.15) is 22.3 Å². The van der Waals surface area contributed by atoms with Crippen LogP contribution in [0.15, 0.2) is 76.1 Å². The molecule has 3 aromatic rings. The van der Waals surface area contributed by atoms with Crippen molar-refractivity contribution < 1.29 is 9.53 Å². The molecule has 1 aliphatic rings. The molecule has 1 heterocycles. The van der Waals surface area contributed by atoms with Gasteiger partial charge in [0.25, 0.3) is 5.91 Å². The number of hydrogen-bond donors (Lipinski definition) is 0. The van der Waals surface area contributed by atoms with Crippen LogP contribution in [-0.2, 0) is 11.4 Å². The molecule has 1 saturated heterocycles. The predicted molar refractivity (Wildman–Crippen MR) is 136 cm³/mol. The Hall–Kier alpha value is -2.41. The molecule has 0 radical (unpaired) electrons. The van der Waals surface area contributed by atoms with Crippen molar-refractivity contribution in [2.75, 3.05) is 4.90 Å². The Morgan fingerprint density at radius 2 is 1.84 bits per heavy atom. The molecule has 6 heteroatoms. The van der Waals surface area contributed by atoms with Gasteiger partial charge in [-0.25, -0.2) is 0 Å². The summed E-state index contributed by atoms with van der Waals surface area (Å²) in [4.78, 5) is 15.3. The van der Waals surface area contributed by atoms with E-state index >= 15 is 0 Å². The fraction of sp³-hybridized carbons (Fsp3) is 0.120. The van der Waals surface area contributed by atoms with E-state index in [1.54, 1.807) is 4.90 Å². The van der Waals surface area contributed by atoms with Gasteiger partial charge in [-0.3, -0.25) is 9.69 Å². The second kappa shape index (κ2) is 9.39. The molecule has 4 rings (SSSR count). The number of benzene rings is 3. The summed E-state index contributed by atoms with van der Waals surface area (Å²) in [5.41, 5.74) is 5.03. The zero-order valence-electron chi connectivity index (χ0n) is 17.1. The Morgan fingerprint density at radius 1 is 1.06 bits per heavy atom. The van der Waals surface area contributed by atoms with E-state index < -0.39 is 0 Å². The van der Waals surface area contributed by atoms with E-state index in [4.69, 9.17) is 17.0 Å².